The highest BCUT2D eigenvalue weighted by molar-refractivity contribution is 7.10. The fourth-order valence-electron chi connectivity index (χ4n) is 2.20. The van der Waals surface area contributed by atoms with Crippen molar-refractivity contribution in [3.05, 3.63) is 21.4 Å². The Hall–Kier alpha value is -0.550. The summed E-state index contributed by atoms with van der Waals surface area (Å²) in [5.74, 6) is 0.504. The lowest BCUT2D eigenvalue weighted by Gasteiger charge is -2.10. The van der Waals surface area contributed by atoms with Crippen molar-refractivity contribution in [2.45, 2.75) is 38.4 Å². The summed E-state index contributed by atoms with van der Waals surface area (Å²) in [5.41, 5.74) is 2.34. The first-order valence-corrected chi connectivity index (χ1v) is 6.22. The number of fused-ring (bicyclic) bond motifs is 1. The highest BCUT2D eigenvalue weighted by Crippen LogP contribution is 2.39. The van der Waals surface area contributed by atoms with Crippen molar-refractivity contribution in [1.82, 2.24) is 5.32 Å². The Balaban J connectivity index is 1.96. The van der Waals surface area contributed by atoms with E-state index in [0.29, 0.717) is 12.5 Å². The Morgan fingerprint density at radius 3 is 2.94 bits per heavy atom. The van der Waals surface area contributed by atoms with Crippen molar-refractivity contribution < 1.29 is 13.2 Å². The molecule has 0 saturated heterocycles. The van der Waals surface area contributed by atoms with Gasteiger partial charge in [0.15, 0.2) is 0 Å². The summed E-state index contributed by atoms with van der Waals surface area (Å²) in [6, 6.07) is 0. The molecule has 5 heteroatoms. The molecule has 1 nitrogen and oxygen atoms in total. The zero-order chi connectivity index (χ0) is 11.8. The number of hydrogen-bond acceptors (Lipinski definition) is 2. The molecule has 0 bridgehead atoms. The molecule has 90 valence electrons. The maximum atomic E-state index is 12.0. The number of rotatable bonds is 3. The molecule has 16 heavy (non-hydrogen) atoms. The summed E-state index contributed by atoms with van der Waals surface area (Å²) in [4.78, 5) is 1.36. The van der Waals surface area contributed by atoms with Gasteiger partial charge in [-0.3, -0.25) is 0 Å². The molecule has 0 saturated carbocycles. The Kier molecular flexibility index (Phi) is 3.26. The first-order valence-electron chi connectivity index (χ1n) is 5.34. The third kappa shape index (κ3) is 2.58. The molecular weight excluding hydrogens is 235 g/mol. The van der Waals surface area contributed by atoms with Gasteiger partial charge in [0.1, 0.15) is 0 Å². The van der Waals surface area contributed by atoms with Crippen LogP contribution in [0.5, 0.6) is 0 Å². The molecule has 1 aromatic heterocycles. The van der Waals surface area contributed by atoms with Gasteiger partial charge in [0.25, 0.3) is 0 Å². The molecule has 0 amide bonds. The van der Waals surface area contributed by atoms with Gasteiger partial charge in [0, 0.05) is 11.4 Å². The number of halogens is 3. The van der Waals surface area contributed by atoms with Gasteiger partial charge in [-0.25, -0.2) is 0 Å². The van der Waals surface area contributed by atoms with Gasteiger partial charge < -0.3 is 5.32 Å². The minimum absolute atomic E-state index is 0.329. The number of nitrogens with one attached hydrogen (secondary N) is 1. The molecule has 1 aliphatic carbocycles. The predicted octanol–water partition coefficient (Wildman–Crippen LogP) is 3.45. The minimum atomic E-state index is -4.12. The van der Waals surface area contributed by atoms with Gasteiger partial charge in [-0.05, 0) is 35.3 Å². The summed E-state index contributed by atoms with van der Waals surface area (Å²) in [6.45, 7) is 1.56. The molecule has 1 unspecified atom stereocenters. The summed E-state index contributed by atoms with van der Waals surface area (Å²) in [6.07, 6.45) is -1.90. The average molecular weight is 249 g/mol. The van der Waals surface area contributed by atoms with Gasteiger partial charge in [0.2, 0.25) is 0 Å². The van der Waals surface area contributed by atoms with E-state index < -0.39 is 12.7 Å². The van der Waals surface area contributed by atoms with Crippen molar-refractivity contribution in [3.8, 4) is 0 Å². The molecule has 1 atom stereocenters. The zero-order valence-electron chi connectivity index (χ0n) is 9.03. The SMILES string of the molecule is CC1CCc2scc(CNCC(F)(F)F)c21. The van der Waals surface area contributed by atoms with E-state index in [1.807, 2.05) is 5.38 Å². The molecule has 1 N–H and O–H groups in total. The molecule has 0 radical (unpaired) electrons. The van der Waals surface area contributed by atoms with Crippen molar-refractivity contribution in [2.24, 2.45) is 0 Å². The highest BCUT2D eigenvalue weighted by atomic mass is 32.1. The van der Waals surface area contributed by atoms with Crippen molar-refractivity contribution >= 4 is 11.3 Å². The van der Waals surface area contributed by atoms with Crippen LogP contribution in [0, 0.1) is 0 Å². The highest BCUT2D eigenvalue weighted by Gasteiger charge is 2.27. The number of alkyl halides is 3. The van der Waals surface area contributed by atoms with Crippen LogP contribution in [0.3, 0.4) is 0 Å². The monoisotopic (exact) mass is 249 g/mol. The second-order valence-electron chi connectivity index (χ2n) is 4.26. The van der Waals surface area contributed by atoms with Gasteiger partial charge in [-0.15, -0.1) is 11.3 Å². The Bertz CT molecular complexity index is 370. The van der Waals surface area contributed by atoms with Gasteiger partial charge in [-0.2, -0.15) is 13.2 Å². The molecule has 2 rings (SSSR count). The van der Waals surface area contributed by atoms with Crippen LogP contribution in [-0.4, -0.2) is 12.7 Å². The van der Waals surface area contributed by atoms with Crippen LogP contribution >= 0.6 is 11.3 Å². The average Bonchev–Trinajstić information content (AvgIpc) is 2.69. The second-order valence-corrected chi connectivity index (χ2v) is 5.22. The minimum Gasteiger partial charge on any atom is -0.305 e. The molecule has 0 spiro atoms. The van der Waals surface area contributed by atoms with Crippen molar-refractivity contribution in [2.75, 3.05) is 6.54 Å². The lowest BCUT2D eigenvalue weighted by atomic mass is 10.0. The second kappa shape index (κ2) is 4.37. The van der Waals surface area contributed by atoms with E-state index in [1.165, 1.54) is 10.4 Å². The van der Waals surface area contributed by atoms with E-state index in [9.17, 15) is 13.2 Å². The molecule has 1 aromatic rings. The van der Waals surface area contributed by atoms with E-state index in [4.69, 9.17) is 0 Å². The Morgan fingerprint density at radius 1 is 1.50 bits per heavy atom. The number of aryl methyl sites for hydroxylation is 1. The van der Waals surface area contributed by atoms with Crippen LogP contribution in [0.15, 0.2) is 5.38 Å². The number of hydrogen-bond donors (Lipinski definition) is 1. The van der Waals surface area contributed by atoms with Gasteiger partial charge in [-0.1, -0.05) is 6.92 Å². The molecular formula is C11H14F3NS. The summed E-state index contributed by atoms with van der Waals surface area (Å²) in [5, 5.41) is 4.45. The standard InChI is InChI=1S/C11H14F3NS/c1-7-2-3-9-10(7)8(5-16-9)4-15-6-11(12,13)14/h5,7,15H,2-4,6H2,1H3. The van der Waals surface area contributed by atoms with E-state index in [0.717, 1.165) is 18.4 Å². The molecule has 0 aliphatic heterocycles. The smallest absolute Gasteiger partial charge is 0.305 e. The topological polar surface area (TPSA) is 12.0 Å². The molecule has 1 heterocycles. The molecule has 0 fully saturated rings. The fraction of sp³-hybridized carbons (Fsp3) is 0.636. The van der Waals surface area contributed by atoms with Crippen molar-refractivity contribution in [1.29, 1.82) is 0 Å². The molecule has 0 aromatic carbocycles. The Morgan fingerprint density at radius 2 is 2.25 bits per heavy atom. The lowest BCUT2D eigenvalue weighted by Crippen LogP contribution is -2.28. The van der Waals surface area contributed by atoms with E-state index >= 15 is 0 Å². The first-order chi connectivity index (χ1) is 7.47. The van der Waals surface area contributed by atoms with E-state index in [2.05, 4.69) is 12.2 Å². The van der Waals surface area contributed by atoms with E-state index in [1.54, 1.807) is 11.3 Å². The van der Waals surface area contributed by atoms with Crippen LogP contribution in [0.25, 0.3) is 0 Å². The maximum Gasteiger partial charge on any atom is 0.401 e. The van der Waals surface area contributed by atoms with Crippen LogP contribution in [0.2, 0.25) is 0 Å². The zero-order valence-corrected chi connectivity index (χ0v) is 9.84. The third-order valence-electron chi connectivity index (χ3n) is 2.93. The number of thiophene rings is 1. The third-order valence-corrected chi connectivity index (χ3v) is 4.04. The summed E-state index contributed by atoms with van der Waals surface area (Å²) in [7, 11) is 0. The van der Waals surface area contributed by atoms with Gasteiger partial charge in [0.05, 0.1) is 6.54 Å². The van der Waals surface area contributed by atoms with E-state index in [-0.39, 0.29) is 0 Å². The maximum absolute atomic E-state index is 12.0. The lowest BCUT2D eigenvalue weighted by molar-refractivity contribution is -0.125. The Labute approximate surface area is 96.7 Å². The quantitative estimate of drug-likeness (QED) is 0.865. The first kappa shape index (κ1) is 11.9. The summed E-state index contributed by atoms with van der Waals surface area (Å²) < 4.78 is 35.9. The summed E-state index contributed by atoms with van der Waals surface area (Å²) >= 11 is 1.68. The van der Waals surface area contributed by atoms with Crippen molar-refractivity contribution in [3.63, 3.8) is 0 Å². The van der Waals surface area contributed by atoms with Gasteiger partial charge >= 0.3 is 6.18 Å². The van der Waals surface area contributed by atoms with Crippen LogP contribution < -0.4 is 5.32 Å². The van der Waals surface area contributed by atoms with Crippen LogP contribution in [0.4, 0.5) is 13.2 Å². The fourth-order valence-corrected chi connectivity index (χ4v) is 3.39. The largest absolute Gasteiger partial charge is 0.401 e. The normalized spacial score (nSPS) is 20.1. The predicted molar refractivity (Wildman–Crippen MR) is 58.8 cm³/mol. The molecule has 1 aliphatic rings. The van der Waals surface area contributed by atoms with Crippen LogP contribution in [-0.2, 0) is 13.0 Å². The van der Waals surface area contributed by atoms with Crippen LogP contribution in [0.1, 0.15) is 35.3 Å².